The number of fused-ring (bicyclic) bond motifs is 3. The molecular formula is C36H48ClN7O3. The number of anilines is 2. The van der Waals surface area contributed by atoms with Crippen molar-refractivity contribution in [2.24, 2.45) is 17.8 Å². The zero-order chi connectivity index (χ0) is 32.7. The normalized spacial score (nSPS) is 25.4. The zero-order valence-electron chi connectivity index (χ0n) is 27.3. The zero-order valence-corrected chi connectivity index (χ0v) is 28.1. The molecule has 1 saturated carbocycles. The lowest BCUT2D eigenvalue weighted by Gasteiger charge is -2.41. The molecule has 5 N–H and O–H groups in total. The molecule has 2 aromatic rings. The number of nitrogens with two attached hydrogens (primary N) is 1. The Labute approximate surface area is 282 Å². The number of rotatable bonds is 7. The third-order valence-electron chi connectivity index (χ3n) is 11.6. The Kier molecular flexibility index (Phi) is 9.24. The summed E-state index contributed by atoms with van der Waals surface area (Å²) in [4.78, 5) is 46.4. The number of halogens is 1. The molecule has 0 aromatic heterocycles. The lowest BCUT2D eigenvalue weighted by molar-refractivity contribution is -0.135. The molecular weight excluding hydrogens is 614 g/mol. The van der Waals surface area contributed by atoms with Gasteiger partial charge in [0.2, 0.25) is 5.91 Å². The van der Waals surface area contributed by atoms with E-state index in [1.165, 1.54) is 12.8 Å². The Hall–Kier alpha value is -3.50. The van der Waals surface area contributed by atoms with Crippen molar-refractivity contribution in [1.82, 2.24) is 25.3 Å². The molecule has 7 rings (SSSR count). The molecule has 11 heteroatoms. The van der Waals surface area contributed by atoms with Crippen LogP contribution in [0.2, 0.25) is 5.02 Å². The molecule has 3 saturated heterocycles. The van der Waals surface area contributed by atoms with Gasteiger partial charge in [-0.1, -0.05) is 42.8 Å². The molecule has 5 amide bonds. The van der Waals surface area contributed by atoms with Crippen molar-refractivity contribution in [2.45, 2.75) is 83.0 Å². The first-order chi connectivity index (χ1) is 22.8. The molecule has 4 aliphatic heterocycles. The van der Waals surface area contributed by atoms with E-state index < -0.39 is 6.04 Å². The number of para-hydroxylation sites is 1. The number of benzene rings is 2. The maximum atomic E-state index is 14.2. The van der Waals surface area contributed by atoms with Crippen LogP contribution in [-0.2, 0) is 24.2 Å². The second-order valence-corrected chi connectivity index (χ2v) is 14.7. The van der Waals surface area contributed by atoms with Gasteiger partial charge in [-0.25, -0.2) is 9.59 Å². The maximum Gasteiger partial charge on any atom is 0.322 e. The largest absolute Gasteiger partial charge is 0.397 e. The quantitative estimate of drug-likeness (QED) is 0.316. The van der Waals surface area contributed by atoms with Gasteiger partial charge in [-0.2, -0.15) is 0 Å². The minimum atomic E-state index is -0.711. The summed E-state index contributed by atoms with van der Waals surface area (Å²) in [5, 5.41) is 10.2. The van der Waals surface area contributed by atoms with Crippen LogP contribution in [0.3, 0.4) is 0 Å². The minimum Gasteiger partial charge on any atom is -0.397 e. The fourth-order valence-electron chi connectivity index (χ4n) is 8.94. The van der Waals surface area contributed by atoms with E-state index in [9.17, 15) is 14.4 Å². The number of nitrogen functional groups attached to an aromatic ring is 1. The van der Waals surface area contributed by atoms with E-state index in [1.54, 1.807) is 4.90 Å². The number of carbonyl (C=O) groups excluding carboxylic acids is 3. The van der Waals surface area contributed by atoms with Crippen molar-refractivity contribution >= 4 is 40.9 Å². The highest BCUT2D eigenvalue weighted by Crippen LogP contribution is 2.44. The van der Waals surface area contributed by atoms with Gasteiger partial charge in [0.25, 0.3) is 0 Å². The number of piperidine rings is 3. The Morgan fingerprint density at radius 1 is 1.02 bits per heavy atom. The van der Waals surface area contributed by atoms with Gasteiger partial charge in [-0.15, -0.1) is 0 Å². The predicted octanol–water partition coefficient (Wildman–Crippen LogP) is 4.85. The summed E-state index contributed by atoms with van der Waals surface area (Å²) in [6.45, 7) is 6.22. The number of urea groups is 2. The molecule has 4 atom stereocenters. The van der Waals surface area contributed by atoms with E-state index in [4.69, 9.17) is 17.3 Å². The maximum absolute atomic E-state index is 14.2. The van der Waals surface area contributed by atoms with Gasteiger partial charge in [-0.05, 0) is 98.1 Å². The second kappa shape index (κ2) is 13.5. The number of carbonyl (C=O) groups is 3. The third-order valence-corrected chi connectivity index (χ3v) is 11.9. The molecule has 2 aromatic carbocycles. The molecule has 47 heavy (non-hydrogen) atoms. The van der Waals surface area contributed by atoms with Gasteiger partial charge >= 0.3 is 12.1 Å². The van der Waals surface area contributed by atoms with Crippen molar-refractivity contribution < 1.29 is 14.4 Å². The summed E-state index contributed by atoms with van der Waals surface area (Å²) < 4.78 is 0. The smallest absolute Gasteiger partial charge is 0.322 e. The van der Waals surface area contributed by atoms with E-state index in [-0.39, 0.29) is 24.0 Å². The Morgan fingerprint density at radius 2 is 1.77 bits per heavy atom. The molecule has 4 heterocycles. The summed E-state index contributed by atoms with van der Waals surface area (Å²) in [6, 6.07) is 11.4. The van der Waals surface area contributed by atoms with Crippen LogP contribution in [0.15, 0.2) is 36.4 Å². The number of nitrogens with zero attached hydrogens (tertiary/aromatic N) is 3. The van der Waals surface area contributed by atoms with Gasteiger partial charge in [0.1, 0.15) is 6.04 Å². The lowest BCUT2D eigenvalue weighted by Crippen LogP contribution is -2.57. The molecule has 252 valence electrons. The van der Waals surface area contributed by atoms with E-state index in [2.05, 4.69) is 16.0 Å². The molecule has 5 aliphatic rings. The molecule has 0 spiro atoms. The second-order valence-electron chi connectivity index (χ2n) is 14.3. The van der Waals surface area contributed by atoms with Crippen LogP contribution in [-0.4, -0.2) is 83.5 Å². The summed E-state index contributed by atoms with van der Waals surface area (Å²) >= 11 is 6.51. The van der Waals surface area contributed by atoms with E-state index in [0.29, 0.717) is 61.6 Å². The number of hydrogen-bond donors (Lipinski definition) is 4. The van der Waals surface area contributed by atoms with Crippen LogP contribution in [0.25, 0.3) is 0 Å². The van der Waals surface area contributed by atoms with Crippen LogP contribution in [0.5, 0.6) is 0 Å². The van der Waals surface area contributed by atoms with E-state index >= 15 is 0 Å². The van der Waals surface area contributed by atoms with Crippen LogP contribution in [0, 0.1) is 17.8 Å². The Bertz CT molecular complexity index is 1500. The number of amides is 5. The average molecular weight is 662 g/mol. The third kappa shape index (κ3) is 6.64. The minimum absolute atomic E-state index is 0.0315. The number of aryl methyl sites for hydroxylation is 1. The SMILES string of the molecule is CCc1cc(C[C@@H](NC(=O)N2CCC(N3Cc4ccccc4NC3=O)CC2)C(=O)N2CCC(C3CC4CC3CN4)CC2)cc(Cl)c1N. The molecule has 3 unspecified atom stereocenters. The fraction of sp³-hybridized carbons (Fsp3) is 0.583. The summed E-state index contributed by atoms with van der Waals surface area (Å²) in [6.07, 6.45) is 7.06. The average Bonchev–Trinajstić information content (AvgIpc) is 3.73. The van der Waals surface area contributed by atoms with E-state index in [0.717, 1.165) is 73.1 Å². The number of nitrogens with one attached hydrogen (secondary N) is 3. The first-order valence-corrected chi connectivity index (χ1v) is 17.9. The van der Waals surface area contributed by atoms with Crippen LogP contribution >= 0.6 is 11.6 Å². The molecule has 2 bridgehead atoms. The summed E-state index contributed by atoms with van der Waals surface area (Å²) in [5.74, 6) is 2.19. The highest BCUT2D eigenvalue weighted by molar-refractivity contribution is 6.33. The summed E-state index contributed by atoms with van der Waals surface area (Å²) in [5.41, 5.74) is 10.6. The first kappa shape index (κ1) is 32.1. The monoisotopic (exact) mass is 661 g/mol. The standard InChI is InChI=1S/C36H48ClN7O3/c1-2-23-15-22(16-30(37)33(23)38)17-32(34(45)42-11-7-24(8-12-42)29-19-27-18-26(29)20-39-27)41-35(46)43-13-9-28(10-14-43)44-21-25-5-3-4-6-31(25)40-36(44)47/h3-6,15-16,24,26-29,32,39H,2,7-14,17-21,38H2,1H3,(H,40,47)(H,41,46)/t26?,27?,29?,32-/m1/s1. The highest BCUT2D eigenvalue weighted by atomic mass is 35.5. The van der Waals surface area contributed by atoms with Crippen molar-refractivity contribution in [3.05, 3.63) is 58.1 Å². The number of hydrogen-bond acceptors (Lipinski definition) is 5. The molecule has 1 aliphatic carbocycles. The van der Waals surface area contributed by atoms with Crippen LogP contribution < -0.4 is 21.7 Å². The van der Waals surface area contributed by atoms with Gasteiger partial charge in [-0.3, -0.25) is 4.79 Å². The Morgan fingerprint density at radius 3 is 2.47 bits per heavy atom. The highest BCUT2D eigenvalue weighted by Gasteiger charge is 2.44. The van der Waals surface area contributed by atoms with Gasteiger partial charge in [0.05, 0.1) is 10.7 Å². The molecule has 0 radical (unpaired) electrons. The molecule has 4 fully saturated rings. The van der Waals surface area contributed by atoms with Crippen molar-refractivity contribution in [3.63, 3.8) is 0 Å². The summed E-state index contributed by atoms with van der Waals surface area (Å²) in [7, 11) is 0. The first-order valence-electron chi connectivity index (χ1n) is 17.6. The Balaban J connectivity index is 1.00. The fourth-order valence-corrected chi connectivity index (χ4v) is 9.21. The number of likely N-dealkylation sites (tertiary alicyclic amines) is 2. The van der Waals surface area contributed by atoms with Gasteiger partial charge < -0.3 is 36.4 Å². The van der Waals surface area contributed by atoms with Gasteiger partial charge in [0, 0.05) is 56.9 Å². The lowest BCUT2D eigenvalue weighted by atomic mass is 9.77. The topological polar surface area (TPSA) is 123 Å². The predicted molar refractivity (Wildman–Crippen MR) is 184 cm³/mol. The van der Waals surface area contributed by atoms with E-state index in [1.807, 2.05) is 53.1 Å². The van der Waals surface area contributed by atoms with Gasteiger partial charge in [0.15, 0.2) is 0 Å². The van der Waals surface area contributed by atoms with Crippen LogP contribution in [0.1, 0.15) is 62.1 Å². The molecule has 10 nitrogen and oxygen atoms in total. The van der Waals surface area contributed by atoms with Crippen molar-refractivity contribution in [2.75, 3.05) is 43.8 Å². The van der Waals surface area contributed by atoms with Crippen LogP contribution in [0.4, 0.5) is 21.0 Å². The van der Waals surface area contributed by atoms with Crippen molar-refractivity contribution in [1.29, 1.82) is 0 Å². The van der Waals surface area contributed by atoms with Crippen molar-refractivity contribution in [3.8, 4) is 0 Å².